The van der Waals surface area contributed by atoms with Crippen molar-refractivity contribution < 1.29 is 9.90 Å². The van der Waals surface area contributed by atoms with Crippen molar-refractivity contribution in [1.29, 1.82) is 0 Å². The fourth-order valence-electron chi connectivity index (χ4n) is 1.97. The second kappa shape index (κ2) is 5.94. The molecule has 1 fully saturated rings. The minimum atomic E-state index is -0.716. The van der Waals surface area contributed by atoms with E-state index in [9.17, 15) is 9.90 Å². The maximum absolute atomic E-state index is 11.7. The van der Waals surface area contributed by atoms with Crippen molar-refractivity contribution in [1.82, 2.24) is 5.32 Å². The summed E-state index contributed by atoms with van der Waals surface area (Å²) >= 11 is 0. The molecule has 1 saturated carbocycles. The molecule has 0 saturated heterocycles. The highest BCUT2D eigenvalue weighted by atomic mass is 16.3. The number of carbonyl (C=O) groups is 1. The second-order valence-corrected chi connectivity index (χ2v) is 6.30. The van der Waals surface area contributed by atoms with Crippen LogP contribution in [0.15, 0.2) is 24.3 Å². The molecule has 1 amide bonds. The molecule has 3 N–H and O–H groups in total. The summed E-state index contributed by atoms with van der Waals surface area (Å²) in [5.41, 5.74) is 1.27. The van der Waals surface area contributed by atoms with Crippen molar-refractivity contribution in [3.63, 3.8) is 0 Å². The number of rotatable bonds is 6. The first-order valence-electron chi connectivity index (χ1n) is 7.22. The van der Waals surface area contributed by atoms with Crippen LogP contribution in [0.5, 0.6) is 0 Å². The Labute approximate surface area is 120 Å². The van der Waals surface area contributed by atoms with Crippen molar-refractivity contribution in [2.45, 2.75) is 45.3 Å². The number of hydrogen-bond acceptors (Lipinski definition) is 3. The molecule has 0 spiro atoms. The van der Waals surface area contributed by atoms with Crippen LogP contribution in [0.2, 0.25) is 0 Å². The topological polar surface area (TPSA) is 61.4 Å². The maximum Gasteiger partial charge on any atom is 0.227 e. The van der Waals surface area contributed by atoms with Crippen LogP contribution < -0.4 is 10.6 Å². The standard InChI is InChI=1S/C16H24N2O2/c1-11(17-10-16(2,3)20)12-6-8-14(9-7-12)18-15(19)13-4-5-13/h6-9,11,13,17,20H,4-5,10H2,1-3H3,(H,18,19). The molecular weight excluding hydrogens is 252 g/mol. The SMILES string of the molecule is CC(NCC(C)(C)O)c1ccc(NC(=O)C2CC2)cc1. The predicted molar refractivity (Wildman–Crippen MR) is 80.5 cm³/mol. The third-order valence-electron chi connectivity index (χ3n) is 3.47. The number of carbonyl (C=O) groups excluding carboxylic acids is 1. The van der Waals surface area contributed by atoms with E-state index in [-0.39, 0.29) is 17.9 Å². The van der Waals surface area contributed by atoms with Gasteiger partial charge in [0.05, 0.1) is 5.60 Å². The Bertz CT molecular complexity index is 458. The maximum atomic E-state index is 11.7. The molecular formula is C16H24N2O2. The molecule has 1 atom stereocenters. The summed E-state index contributed by atoms with van der Waals surface area (Å²) < 4.78 is 0. The number of hydrogen-bond donors (Lipinski definition) is 3. The highest BCUT2D eigenvalue weighted by molar-refractivity contribution is 5.93. The quantitative estimate of drug-likeness (QED) is 0.748. The fraction of sp³-hybridized carbons (Fsp3) is 0.562. The van der Waals surface area contributed by atoms with E-state index in [1.54, 1.807) is 13.8 Å². The van der Waals surface area contributed by atoms with Crippen LogP contribution in [0.1, 0.15) is 45.2 Å². The van der Waals surface area contributed by atoms with Crippen molar-refractivity contribution in [3.05, 3.63) is 29.8 Å². The van der Waals surface area contributed by atoms with Crippen LogP contribution in [-0.4, -0.2) is 23.2 Å². The highest BCUT2D eigenvalue weighted by Crippen LogP contribution is 2.30. The van der Waals surface area contributed by atoms with E-state index in [0.29, 0.717) is 6.54 Å². The molecule has 0 aliphatic heterocycles. The van der Waals surface area contributed by atoms with Gasteiger partial charge in [0.25, 0.3) is 0 Å². The van der Waals surface area contributed by atoms with Gasteiger partial charge in [-0.15, -0.1) is 0 Å². The first-order chi connectivity index (χ1) is 9.35. The van der Waals surface area contributed by atoms with Crippen molar-refractivity contribution in [2.75, 3.05) is 11.9 Å². The molecule has 2 rings (SSSR count). The molecule has 0 heterocycles. The number of nitrogens with one attached hydrogen (secondary N) is 2. The van der Waals surface area contributed by atoms with Gasteiger partial charge in [-0.05, 0) is 51.3 Å². The summed E-state index contributed by atoms with van der Waals surface area (Å²) in [6.45, 7) is 6.16. The molecule has 0 radical (unpaired) electrons. The molecule has 1 aliphatic rings. The Hall–Kier alpha value is -1.39. The van der Waals surface area contributed by atoms with Gasteiger partial charge in [0.1, 0.15) is 0 Å². The number of aliphatic hydroxyl groups is 1. The molecule has 1 unspecified atom stereocenters. The smallest absolute Gasteiger partial charge is 0.227 e. The van der Waals surface area contributed by atoms with Crippen LogP contribution in [0, 0.1) is 5.92 Å². The van der Waals surface area contributed by atoms with E-state index in [2.05, 4.69) is 17.6 Å². The fourth-order valence-corrected chi connectivity index (χ4v) is 1.97. The van der Waals surface area contributed by atoms with Gasteiger partial charge in [-0.25, -0.2) is 0 Å². The van der Waals surface area contributed by atoms with Crippen molar-refractivity contribution in [3.8, 4) is 0 Å². The van der Waals surface area contributed by atoms with E-state index >= 15 is 0 Å². The molecule has 1 aliphatic carbocycles. The number of anilines is 1. The molecule has 4 nitrogen and oxygen atoms in total. The van der Waals surface area contributed by atoms with Gasteiger partial charge in [-0.1, -0.05) is 12.1 Å². The Morgan fingerprint density at radius 2 is 1.95 bits per heavy atom. The highest BCUT2D eigenvalue weighted by Gasteiger charge is 2.29. The summed E-state index contributed by atoms with van der Waals surface area (Å²) in [6, 6.07) is 8.03. The van der Waals surface area contributed by atoms with E-state index < -0.39 is 5.60 Å². The third kappa shape index (κ3) is 4.62. The zero-order valence-electron chi connectivity index (χ0n) is 12.4. The molecule has 1 aromatic carbocycles. The van der Waals surface area contributed by atoms with E-state index in [4.69, 9.17) is 0 Å². The Morgan fingerprint density at radius 1 is 1.35 bits per heavy atom. The van der Waals surface area contributed by atoms with Crippen LogP contribution in [0.3, 0.4) is 0 Å². The number of amides is 1. The normalized spacial score (nSPS) is 16.8. The molecule has 4 heteroatoms. The minimum Gasteiger partial charge on any atom is -0.389 e. The zero-order valence-corrected chi connectivity index (χ0v) is 12.4. The minimum absolute atomic E-state index is 0.131. The lowest BCUT2D eigenvalue weighted by molar-refractivity contribution is -0.117. The van der Waals surface area contributed by atoms with E-state index in [0.717, 1.165) is 24.1 Å². The van der Waals surface area contributed by atoms with Gasteiger partial charge in [0.2, 0.25) is 5.91 Å². The summed E-state index contributed by atoms with van der Waals surface area (Å²) in [5, 5.41) is 15.9. The van der Waals surface area contributed by atoms with Crippen LogP contribution in [0.25, 0.3) is 0 Å². The van der Waals surface area contributed by atoms with Gasteiger partial charge in [-0.2, -0.15) is 0 Å². The van der Waals surface area contributed by atoms with Crippen LogP contribution in [-0.2, 0) is 4.79 Å². The van der Waals surface area contributed by atoms with Gasteiger partial charge in [-0.3, -0.25) is 4.79 Å². The predicted octanol–water partition coefficient (Wildman–Crippen LogP) is 2.46. The van der Waals surface area contributed by atoms with Crippen LogP contribution in [0.4, 0.5) is 5.69 Å². The second-order valence-electron chi connectivity index (χ2n) is 6.30. The van der Waals surface area contributed by atoms with Gasteiger partial charge < -0.3 is 15.7 Å². The lowest BCUT2D eigenvalue weighted by Gasteiger charge is -2.22. The Kier molecular flexibility index (Phi) is 4.45. The number of benzene rings is 1. The summed E-state index contributed by atoms with van der Waals surface area (Å²) in [6.07, 6.45) is 2.03. The van der Waals surface area contributed by atoms with Gasteiger partial charge in [0.15, 0.2) is 0 Å². The average Bonchev–Trinajstić information content (AvgIpc) is 3.20. The molecule has 0 bridgehead atoms. The van der Waals surface area contributed by atoms with Gasteiger partial charge in [0, 0.05) is 24.2 Å². The van der Waals surface area contributed by atoms with Crippen LogP contribution >= 0.6 is 0 Å². The largest absolute Gasteiger partial charge is 0.389 e. The van der Waals surface area contributed by atoms with Gasteiger partial charge >= 0.3 is 0 Å². The Morgan fingerprint density at radius 3 is 2.45 bits per heavy atom. The summed E-state index contributed by atoms with van der Waals surface area (Å²) in [5.74, 6) is 0.355. The lowest BCUT2D eigenvalue weighted by atomic mass is 10.1. The lowest BCUT2D eigenvalue weighted by Crippen LogP contribution is -2.36. The summed E-state index contributed by atoms with van der Waals surface area (Å²) in [4.78, 5) is 11.7. The first-order valence-corrected chi connectivity index (χ1v) is 7.22. The van der Waals surface area contributed by atoms with E-state index in [1.807, 2.05) is 24.3 Å². The first kappa shape index (κ1) is 15.0. The molecule has 0 aromatic heterocycles. The third-order valence-corrected chi connectivity index (χ3v) is 3.47. The Balaban J connectivity index is 1.88. The average molecular weight is 276 g/mol. The molecule has 1 aromatic rings. The van der Waals surface area contributed by atoms with E-state index in [1.165, 1.54) is 0 Å². The molecule has 110 valence electrons. The summed E-state index contributed by atoms with van der Waals surface area (Å²) in [7, 11) is 0. The van der Waals surface area contributed by atoms with Crippen molar-refractivity contribution >= 4 is 11.6 Å². The molecule has 20 heavy (non-hydrogen) atoms. The monoisotopic (exact) mass is 276 g/mol. The zero-order chi connectivity index (χ0) is 14.8. The van der Waals surface area contributed by atoms with Crippen molar-refractivity contribution in [2.24, 2.45) is 5.92 Å².